The maximum Gasteiger partial charge on any atom is 0.251 e. The number of hydrogen-bond acceptors (Lipinski definition) is 4. The molecule has 0 aliphatic carbocycles. The van der Waals surface area contributed by atoms with E-state index in [9.17, 15) is 9.18 Å². The number of halogens is 1. The maximum absolute atomic E-state index is 12.4. The highest BCUT2D eigenvalue weighted by Gasteiger charge is 2.15. The summed E-state index contributed by atoms with van der Waals surface area (Å²) in [6.45, 7) is 0.578. The van der Waals surface area contributed by atoms with E-state index in [1.165, 1.54) is 11.0 Å². The van der Waals surface area contributed by atoms with Gasteiger partial charge in [-0.25, -0.2) is 14.1 Å². The van der Waals surface area contributed by atoms with E-state index in [1.807, 2.05) is 6.07 Å². The van der Waals surface area contributed by atoms with Crippen molar-refractivity contribution in [2.45, 2.75) is 26.0 Å². The van der Waals surface area contributed by atoms with Gasteiger partial charge >= 0.3 is 0 Å². The van der Waals surface area contributed by atoms with Crippen molar-refractivity contribution in [2.24, 2.45) is 0 Å². The Hall–Kier alpha value is -2.44. The number of fused-ring (bicyclic) bond motifs is 1. The van der Waals surface area contributed by atoms with Gasteiger partial charge in [-0.1, -0.05) is 0 Å². The van der Waals surface area contributed by atoms with Crippen LogP contribution in [0.25, 0.3) is 0 Å². The number of carbonyl (C=O) groups excluding carboxylic acids is 1. The summed E-state index contributed by atoms with van der Waals surface area (Å²) in [6.07, 6.45) is 3.13. The highest BCUT2D eigenvalue weighted by atomic mass is 19.1. The number of nitrogens with zero attached hydrogens (tertiary/aromatic N) is 3. The fourth-order valence-electron chi connectivity index (χ4n) is 2.48. The minimum Gasteiger partial charge on any atom is -0.486 e. The first-order chi connectivity index (χ1) is 10.8. The van der Waals surface area contributed by atoms with Crippen LogP contribution in [0.4, 0.5) is 4.39 Å². The Balaban J connectivity index is 1.72. The number of rotatable bonds is 5. The van der Waals surface area contributed by atoms with Crippen LogP contribution in [-0.2, 0) is 19.6 Å². The number of benzene rings is 1. The monoisotopic (exact) mass is 304 g/mol. The number of carbonyl (C=O) groups is 1. The number of amides is 1. The van der Waals surface area contributed by atoms with Crippen LogP contribution in [0.3, 0.4) is 0 Å². The fraction of sp³-hybridized carbons (Fsp3) is 0.400. The first-order valence-electron chi connectivity index (χ1n) is 7.24. The second-order valence-electron chi connectivity index (χ2n) is 5.06. The van der Waals surface area contributed by atoms with Crippen LogP contribution in [0.15, 0.2) is 24.5 Å². The Labute approximate surface area is 127 Å². The molecule has 0 fully saturated rings. The van der Waals surface area contributed by atoms with E-state index in [2.05, 4.69) is 15.4 Å². The SMILES string of the molecule is O=C1NCCCc2cc(OCc3ncnn3CCF)ccc21. The van der Waals surface area contributed by atoms with Gasteiger partial charge in [-0.2, -0.15) is 5.10 Å². The molecule has 1 aromatic carbocycles. The Morgan fingerprint density at radius 1 is 1.41 bits per heavy atom. The minimum atomic E-state index is -0.496. The predicted octanol–water partition coefficient (Wildman–Crippen LogP) is 1.50. The van der Waals surface area contributed by atoms with E-state index < -0.39 is 6.67 Å². The molecule has 22 heavy (non-hydrogen) atoms. The number of ether oxygens (including phenoxy) is 1. The standard InChI is InChI=1S/C15H17FN4O2/c16-5-7-20-14(18-10-19-20)9-22-12-3-4-13-11(8-12)2-1-6-17-15(13)21/h3-4,8,10H,1-2,5-7,9H2,(H,17,21). The molecule has 0 unspecified atom stereocenters. The zero-order valence-electron chi connectivity index (χ0n) is 12.1. The van der Waals surface area contributed by atoms with Crippen molar-refractivity contribution >= 4 is 5.91 Å². The van der Waals surface area contributed by atoms with Crippen molar-refractivity contribution in [1.82, 2.24) is 20.1 Å². The summed E-state index contributed by atoms with van der Waals surface area (Å²) >= 11 is 0. The van der Waals surface area contributed by atoms with Crippen LogP contribution in [0.5, 0.6) is 5.75 Å². The van der Waals surface area contributed by atoms with Gasteiger partial charge in [0.05, 0.1) is 6.54 Å². The largest absolute Gasteiger partial charge is 0.486 e. The predicted molar refractivity (Wildman–Crippen MR) is 77.4 cm³/mol. The molecule has 1 aliphatic rings. The summed E-state index contributed by atoms with van der Waals surface area (Å²) in [7, 11) is 0. The Bertz CT molecular complexity index is 671. The second-order valence-corrected chi connectivity index (χ2v) is 5.06. The lowest BCUT2D eigenvalue weighted by molar-refractivity contribution is 0.0956. The van der Waals surface area contributed by atoms with Crippen molar-refractivity contribution < 1.29 is 13.9 Å². The van der Waals surface area contributed by atoms with Crippen molar-refractivity contribution in [3.8, 4) is 5.75 Å². The molecule has 116 valence electrons. The Morgan fingerprint density at radius 3 is 3.18 bits per heavy atom. The van der Waals surface area contributed by atoms with Gasteiger partial charge in [0.25, 0.3) is 5.91 Å². The van der Waals surface area contributed by atoms with Gasteiger partial charge in [-0.05, 0) is 36.6 Å². The third kappa shape index (κ3) is 3.08. The molecule has 0 atom stereocenters. The topological polar surface area (TPSA) is 69.0 Å². The van der Waals surface area contributed by atoms with E-state index >= 15 is 0 Å². The molecule has 1 aromatic heterocycles. The van der Waals surface area contributed by atoms with Gasteiger partial charge < -0.3 is 10.1 Å². The molecule has 6 nitrogen and oxygen atoms in total. The molecular weight excluding hydrogens is 287 g/mol. The summed E-state index contributed by atoms with van der Waals surface area (Å²) in [5.74, 6) is 1.20. The Morgan fingerprint density at radius 2 is 2.32 bits per heavy atom. The summed E-state index contributed by atoms with van der Waals surface area (Å²) in [6, 6.07) is 5.42. The van der Waals surface area contributed by atoms with Crippen molar-refractivity contribution in [1.29, 1.82) is 0 Å². The molecule has 2 aromatic rings. The fourth-order valence-corrected chi connectivity index (χ4v) is 2.48. The van der Waals surface area contributed by atoms with Crippen LogP contribution in [0, 0.1) is 0 Å². The van der Waals surface area contributed by atoms with Crippen LogP contribution in [0.2, 0.25) is 0 Å². The molecule has 1 amide bonds. The molecule has 0 radical (unpaired) electrons. The van der Waals surface area contributed by atoms with E-state index in [1.54, 1.807) is 12.1 Å². The van der Waals surface area contributed by atoms with E-state index in [0.717, 1.165) is 18.4 Å². The number of hydrogen-bond donors (Lipinski definition) is 1. The summed E-state index contributed by atoms with van der Waals surface area (Å²) in [4.78, 5) is 15.9. The van der Waals surface area contributed by atoms with E-state index in [0.29, 0.717) is 23.7 Å². The van der Waals surface area contributed by atoms with Gasteiger partial charge in [-0.15, -0.1) is 0 Å². The number of nitrogens with one attached hydrogen (secondary N) is 1. The molecule has 1 aliphatic heterocycles. The molecule has 2 heterocycles. The first kappa shape index (κ1) is 14.5. The van der Waals surface area contributed by atoms with Gasteiger partial charge in [-0.3, -0.25) is 4.79 Å². The number of alkyl halides is 1. The summed E-state index contributed by atoms with van der Waals surface area (Å²) in [5.41, 5.74) is 1.68. The zero-order chi connectivity index (χ0) is 15.4. The molecule has 1 N–H and O–H groups in total. The Kier molecular flexibility index (Phi) is 4.32. The number of aromatic nitrogens is 3. The maximum atomic E-state index is 12.4. The minimum absolute atomic E-state index is 0.0401. The average Bonchev–Trinajstić information content (AvgIpc) is 2.88. The lowest BCUT2D eigenvalue weighted by atomic mass is 10.0. The molecule has 0 spiro atoms. The number of aryl methyl sites for hydroxylation is 2. The van der Waals surface area contributed by atoms with E-state index in [4.69, 9.17) is 4.74 Å². The molecule has 7 heteroatoms. The average molecular weight is 304 g/mol. The molecule has 3 rings (SSSR count). The molecule has 0 bridgehead atoms. The highest BCUT2D eigenvalue weighted by Crippen LogP contribution is 2.21. The molecule has 0 saturated carbocycles. The quantitative estimate of drug-likeness (QED) is 0.909. The van der Waals surface area contributed by atoms with Crippen LogP contribution >= 0.6 is 0 Å². The van der Waals surface area contributed by atoms with Gasteiger partial charge in [0, 0.05) is 12.1 Å². The lowest BCUT2D eigenvalue weighted by Crippen LogP contribution is -2.22. The van der Waals surface area contributed by atoms with Crippen LogP contribution < -0.4 is 10.1 Å². The van der Waals surface area contributed by atoms with Crippen molar-refractivity contribution in [3.63, 3.8) is 0 Å². The third-order valence-corrected chi connectivity index (χ3v) is 3.59. The molecule has 0 saturated heterocycles. The van der Waals surface area contributed by atoms with Crippen LogP contribution in [-0.4, -0.2) is 33.9 Å². The van der Waals surface area contributed by atoms with Crippen molar-refractivity contribution in [3.05, 3.63) is 41.5 Å². The normalized spacial score (nSPS) is 14.1. The van der Waals surface area contributed by atoms with Gasteiger partial charge in [0.1, 0.15) is 25.4 Å². The second kappa shape index (κ2) is 6.55. The first-order valence-corrected chi connectivity index (χ1v) is 7.24. The van der Waals surface area contributed by atoms with Gasteiger partial charge in [0.2, 0.25) is 0 Å². The lowest BCUT2D eigenvalue weighted by Gasteiger charge is -2.10. The smallest absolute Gasteiger partial charge is 0.251 e. The highest BCUT2D eigenvalue weighted by molar-refractivity contribution is 5.96. The van der Waals surface area contributed by atoms with Gasteiger partial charge in [0.15, 0.2) is 5.82 Å². The third-order valence-electron chi connectivity index (χ3n) is 3.59. The van der Waals surface area contributed by atoms with E-state index in [-0.39, 0.29) is 19.1 Å². The van der Waals surface area contributed by atoms with Crippen molar-refractivity contribution in [2.75, 3.05) is 13.2 Å². The summed E-state index contributed by atoms with van der Waals surface area (Å²) in [5, 5.41) is 6.80. The zero-order valence-corrected chi connectivity index (χ0v) is 12.1. The molecular formula is C15H17FN4O2. The van der Waals surface area contributed by atoms with Crippen LogP contribution in [0.1, 0.15) is 28.2 Å². The summed E-state index contributed by atoms with van der Waals surface area (Å²) < 4.78 is 19.6.